The van der Waals surface area contributed by atoms with Crippen LogP contribution in [0.1, 0.15) is 33.9 Å². The zero-order valence-electron chi connectivity index (χ0n) is 19.8. The third-order valence-electron chi connectivity index (χ3n) is 5.89. The highest BCUT2D eigenvalue weighted by Gasteiger charge is 2.35. The van der Waals surface area contributed by atoms with E-state index in [4.69, 9.17) is 26.2 Å². The van der Waals surface area contributed by atoms with Crippen LogP contribution in [0.5, 0.6) is 11.5 Å². The maximum absolute atomic E-state index is 13.5. The van der Waals surface area contributed by atoms with Gasteiger partial charge in [-0.25, -0.2) is 5.01 Å². The van der Waals surface area contributed by atoms with E-state index in [1.807, 2.05) is 48.5 Å². The molecule has 0 aliphatic carbocycles. The van der Waals surface area contributed by atoms with Crippen LogP contribution in [0.25, 0.3) is 0 Å². The summed E-state index contributed by atoms with van der Waals surface area (Å²) in [4.78, 5) is 27.8. The Hall–Kier alpha value is -3.84. The fourth-order valence-electron chi connectivity index (χ4n) is 4.09. The van der Waals surface area contributed by atoms with Gasteiger partial charge in [0.2, 0.25) is 0 Å². The Morgan fingerprint density at radius 1 is 1.03 bits per heavy atom. The normalized spacial score (nSPS) is 14.9. The molecule has 0 fully saturated rings. The highest BCUT2D eigenvalue weighted by atomic mass is 35.5. The average Bonchev–Trinajstić information content (AvgIpc) is 3.34. The number of likely N-dealkylation sites (N-methyl/N-ethyl adjacent to an activating group) is 1. The van der Waals surface area contributed by atoms with Crippen LogP contribution in [-0.2, 0) is 4.79 Å². The molecule has 1 aliphatic rings. The molecule has 0 N–H and O–H groups in total. The lowest BCUT2D eigenvalue weighted by molar-refractivity contribution is -0.133. The van der Waals surface area contributed by atoms with E-state index in [2.05, 4.69) is 0 Å². The van der Waals surface area contributed by atoms with Gasteiger partial charge in [0.25, 0.3) is 11.8 Å². The van der Waals surface area contributed by atoms with Gasteiger partial charge in [-0.1, -0.05) is 54.1 Å². The Balaban J connectivity index is 1.64. The van der Waals surface area contributed by atoms with Crippen molar-refractivity contribution in [2.24, 2.45) is 5.10 Å². The van der Waals surface area contributed by atoms with E-state index < -0.39 is 0 Å². The third-order valence-corrected chi connectivity index (χ3v) is 6.22. The molecule has 0 saturated heterocycles. The van der Waals surface area contributed by atoms with Crippen LogP contribution in [0.4, 0.5) is 0 Å². The number of carbonyl (C=O) groups excluding carboxylic acids is 2. The van der Waals surface area contributed by atoms with Crippen molar-refractivity contribution in [2.75, 3.05) is 27.8 Å². The first kappa shape index (κ1) is 24.3. The molecule has 1 aliphatic heterocycles. The topological polar surface area (TPSA) is 71.4 Å². The van der Waals surface area contributed by atoms with Gasteiger partial charge in [0, 0.05) is 24.6 Å². The van der Waals surface area contributed by atoms with Gasteiger partial charge < -0.3 is 14.4 Å². The van der Waals surface area contributed by atoms with E-state index in [0.717, 1.165) is 16.8 Å². The Morgan fingerprint density at radius 2 is 1.77 bits per heavy atom. The van der Waals surface area contributed by atoms with Gasteiger partial charge in [-0.2, -0.15) is 5.10 Å². The van der Waals surface area contributed by atoms with E-state index in [0.29, 0.717) is 28.5 Å². The molecule has 1 heterocycles. The van der Waals surface area contributed by atoms with Crippen molar-refractivity contribution in [1.29, 1.82) is 0 Å². The zero-order chi connectivity index (χ0) is 24.9. The minimum Gasteiger partial charge on any atom is -0.497 e. The van der Waals surface area contributed by atoms with Crippen molar-refractivity contribution in [3.63, 3.8) is 0 Å². The SMILES string of the molecule is COc1cccc(C2=NN(C(=O)CN(C)C(=O)c3ccccc3Cl)C(c3ccccc3OC)C2)c1. The molecule has 3 aromatic carbocycles. The van der Waals surface area contributed by atoms with Crippen molar-refractivity contribution in [3.05, 3.63) is 94.5 Å². The molecule has 35 heavy (non-hydrogen) atoms. The van der Waals surface area contributed by atoms with Gasteiger partial charge in [-0.15, -0.1) is 0 Å². The summed E-state index contributed by atoms with van der Waals surface area (Å²) in [5.74, 6) is 0.711. The predicted molar refractivity (Wildman–Crippen MR) is 135 cm³/mol. The highest BCUT2D eigenvalue weighted by Crippen LogP contribution is 2.37. The van der Waals surface area contributed by atoms with Crippen LogP contribution in [-0.4, -0.2) is 55.2 Å². The summed E-state index contributed by atoms with van der Waals surface area (Å²) >= 11 is 6.19. The van der Waals surface area contributed by atoms with Gasteiger partial charge in [-0.05, 0) is 30.3 Å². The summed E-state index contributed by atoms with van der Waals surface area (Å²) in [7, 11) is 4.78. The zero-order valence-corrected chi connectivity index (χ0v) is 20.5. The molecular weight excluding hydrogens is 466 g/mol. The number of halogens is 1. The van der Waals surface area contributed by atoms with Gasteiger partial charge >= 0.3 is 0 Å². The van der Waals surface area contributed by atoms with E-state index in [1.54, 1.807) is 45.5 Å². The lowest BCUT2D eigenvalue weighted by Crippen LogP contribution is -2.39. The van der Waals surface area contributed by atoms with Gasteiger partial charge in [-0.3, -0.25) is 9.59 Å². The standard InChI is InChI=1S/C27H26ClN3O4/c1-30(27(33)20-11-4-6-13-22(20)28)17-26(32)31-24(21-12-5-7-14-25(21)35-3)16-23(29-31)18-9-8-10-19(15-18)34-2/h4-15,24H,16-17H2,1-3H3. The molecule has 4 rings (SSSR count). The second-order valence-corrected chi connectivity index (χ2v) is 8.53. The number of carbonyl (C=O) groups is 2. The monoisotopic (exact) mass is 491 g/mol. The smallest absolute Gasteiger partial charge is 0.262 e. The van der Waals surface area contributed by atoms with E-state index in [-0.39, 0.29) is 24.4 Å². The summed E-state index contributed by atoms with van der Waals surface area (Å²) in [5, 5.41) is 6.48. The molecule has 0 aromatic heterocycles. The summed E-state index contributed by atoms with van der Waals surface area (Å²) in [6.45, 7) is -0.162. The fourth-order valence-corrected chi connectivity index (χ4v) is 4.31. The molecule has 8 heteroatoms. The number of rotatable bonds is 7. The van der Waals surface area contributed by atoms with E-state index >= 15 is 0 Å². The molecule has 1 atom stereocenters. The van der Waals surface area contributed by atoms with Crippen LogP contribution in [0, 0.1) is 0 Å². The van der Waals surface area contributed by atoms with Crippen LogP contribution in [0.15, 0.2) is 77.9 Å². The summed E-state index contributed by atoms with van der Waals surface area (Å²) in [6.07, 6.45) is 0.488. The van der Waals surface area contributed by atoms with E-state index in [1.165, 1.54) is 9.91 Å². The molecule has 1 unspecified atom stereocenters. The molecule has 180 valence electrons. The lowest BCUT2D eigenvalue weighted by atomic mass is 9.97. The second kappa shape index (κ2) is 10.6. The van der Waals surface area contributed by atoms with Crippen molar-refractivity contribution >= 4 is 29.1 Å². The molecular formula is C27H26ClN3O4. The van der Waals surface area contributed by atoms with Crippen molar-refractivity contribution < 1.29 is 19.1 Å². The Bertz CT molecular complexity index is 1280. The first-order chi connectivity index (χ1) is 16.9. The lowest BCUT2D eigenvalue weighted by Gasteiger charge is -2.26. The number of methoxy groups -OCH3 is 2. The van der Waals surface area contributed by atoms with Crippen LogP contribution in [0.2, 0.25) is 5.02 Å². The number of amides is 2. The average molecular weight is 492 g/mol. The molecule has 2 amide bonds. The Morgan fingerprint density at radius 3 is 2.51 bits per heavy atom. The second-order valence-electron chi connectivity index (χ2n) is 8.12. The number of benzene rings is 3. The van der Waals surface area contributed by atoms with Crippen LogP contribution >= 0.6 is 11.6 Å². The van der Waals surface area contributed by atoms with Crippen molar-refractivity contribution in [3.8, 4) is 11.5 Å². The third kappa shape index (κ3) is 5.15. The Labute approximate surface area is 209 Å². The summed E-state index contributed by atoms with van der Waals surface area (Å²) in [6, 6.07) is 21.5. The van der Waals surface area contributed by atoms with Gasteiger partial charge in [0.15, 0.2) is 0 Å². The summed E-state index contributed by atoms with van der Waals surface area (Å²) < 4.78 is 10.9. The number of para-hydroxylation sites is 1. The van der Waals surface area contributed by atoms with Crippen LogP contribution < -0.4 is 9.47 Å². The molecule has 0 spiro atoms. The number of hydrazone groups is 1. The first-order valence-electron chi connectivity index (χ1n) is 11.1. The molecule has 0 saturated carbocycles. The minimum absolute atomic E-state index is 0.162. The largest absolute Gasteiger partial charge is 0.497 e. The maximum atomic E-state index is 13.5. The van der Waals surface area contributed by atoms with Crippen LogP contribution in [0.3, 0.4) is 0 Å². The summed E-state index contributed by atoms with van der Waals surface area (Å²) in [5.41, 5.74) is 2.78. The first-order valence-corrected chi connectivity index (χ1v) is 11.5. The fraction of sp³-hybridized carbons (Fsp3) is 0.222. The molecule has 7 nitrogen and oxygen atoms in total. The highest BCUT2D eigenvalue weighted by molar-refractivity contribution is 6.33. The van der Waals surface area contributed by atoms with Crippen molar-refractivity contribution in [1.82, 2.24) is 9.91 Å². The van der Waals surface area contributed by atoms with E-state index in [9.17, 15) is 9.59 Å². The minimum atomic E-state index is -0.385. The molecule has 0 radical (unpaired) electrons. The number of nitrogens with zero attached hydrogens (tertiary/aromatic N) is 3. The number of ether oxygens (including phenoxy) is 2. The number of hydrogen-bond donors (Lipinski definition) is 0. The molecule has 0 bridgehead atoms. The molecule has 3 aromatic rings. The Kier molecular flexibility index (Phi) is 7.36. The quantitative estimate of drug-likeness (QED) is 0.475. The maximum Gasteiger partial charge on any atom is 0.262 e. The van der Waals surface area contributed by atoms with Gasteiger partial charge in [0.1, 0.15) is 18.0 Å². The van der Waals surface area contributed by atoms with Gasteiger partial charge in [0.05, 0.1) is 36.6 Å². The predicted octanol–water partition coefficient (Wildman–Crippen LogP) is 4.81. The van der Waals surface area contributed by atoms with Crippen molar-refractivity contribution in [2.45, 2.75) is 12.5 Å². The number of hydrogen-bond acceptors (Lipinski definition) is 5.